The zero-order chi connectivity index (χ0) is 28.1. The molecule has 0 bridgehead atoms. The van der Waals surface area contributed by atoms with E-state index in [4.69, 9.17) is 4.74 Å². The summed E-state index contributed by atoms with van der Waals surface area (Å²) in [5.74, 6) is -2.67. The molecule has 5 rings (SSSR count). The number of rotatable bonds is 9. The molecule has 0 unspecified atom stereocenters. The molecule has 0 spiro atoms. The van der Waals surface area contributed by atoms with Crippen molar-refractivity contribution >= 4 is 30.7 Å². The minimum Gasteiger partial charge on any atom is -0.361 e. The van der Waals surface area contributed by atoms with Crippen LogP contribution in [0.4, 0.5) is 23.2 Å². The molecule has 4 aromatic rings. The van der Waals surface area contributed by atoms with Crippen LogP contribution in [-0.2, 0) is 16.3 Å². The maximum Gasteiger partial charge on any atom is 0.333 e. The number of carbonyl (C=O) groups excluding carboxylic acids is 1. The van der Waals surface area contributed by atoms with Crippen molar-refractivity contribution in [1.82, 2.24) is 19.3 Å². The minimum absolute atomic E-state index is 0.0736. The first kappa shape index (κ1) is 27.1. The molecular weight excluding hydrogens is 530 g/mol. The quantitative estimate of drug-likeness (QED) is 0.100. The summed E-state index contributed by atoms with van der Waals surface area (Å²) < 4.78 is 64.5. The summed E-state index contributed by atoms with van der Waals surface area (Å²) in [5, 5.41) is 3.52. The third kappa shape index (κ3) is 5.22. The van der Waals surface area contributed by atoms with Crippen molar-refractivity contribution in [3.05, 3.63) is 66.3 Å². The molecule has 2 atom stereocenters. The molecule has 1 aliphatic rings. The lowest BCUT2D eigenvalue weighted by Gasteiger charge is -2.46. The summed E-state index contributed by atoms with van der Waals surface area (Å²) in [6, 6.07) is 7.57. The highest BCUT2D eigenvalue weighted by Crippen LogP contribution is 2.46. The van der Waals surface area contributed by atoms with Gasteiger partial charge >= 0.3 is 6.55 Å². The van der Waals surface area contributed by atoms with E-state index in [0.29, 0.717) is 29.2 Å². The molecule has 206 valence electrons. The van der Waals surface area contributed by atoms with E-state index in [1.807, 2.05) is 10.6 Å². The zero-order valence-corrected chi connectivity index (χ0v) is 23.0. The molecule has 2 aromatic carbocycles. The van der Waals surface area contributed by atoms with Crippen molar-refractivity contribution in [3.8, 4) is 11.1 Å². The SMILES string of the molecule is C[C@H]1C(=O)N(c2ccc3c(c2)ncn3COCC[Si](C)(C)C)[C@H]1c1c(F)cc(-c2cnn(C(F)F)c2)cc1F. The monoisotopic (exact) mass is 559 g/mol. The number of nitrogens with zero attached hydrogens (tertiary/aromatic N) is 5. The molecule has 1 fully saturated rings. The number of ether oxygens (including phenoxy) is 1. The molecule has 0 radical (unpaired) electrons. The Balaban J connectivity index is 1.39. The number of amides is 1. The van der Waals surface area contributed by atoms with Crippen molar-refractivity contribution in [2.75, 3.05) is 11.5 Å². The van der Waals surface area contributed by atoms with Gasteiger partial charge in [-0.2, -0.15) is 13.9 Å². The number of β-lactam (4-membered cyclic amide) rings is 1. The van der Waals surface area contributed by atoms with Gasteiger partial charge in [0.15, 0.2) is 0 Å². The summed E-state index contributed by atoms with van der Waals surface area (Å²) in [7, 11) is -1.20. The summed E-state index contributed by atoms with van der Waals surface area (Å²) in [5.41, 5.74) is 1.88. The average Bonchev–Trinajstić information content (AvgIpc) is 3.52. The number of fused-ring (bicyclic) bond motifs is 1. The second-order valence-electron chi connectivity index (χ2n) is 11.0. The van der Waals surface area contributed by atoms with Crippen LogP contribution < -0.4 is 4.90 Å². The fourth-order valence-electron chi connectivity index (χ4n) is 4.77. The fourth-order valence-corrected chi connectivity index (χ4v) is 5.53. The highest BCUT2D eigenvalue weighted by atomic mass is 28.3. The number of alkyl halides is 2. The molecule has 0 saturated carbocycles. The lowest BCUT2D eigenvalue weighted by Crippen LogP contribution is -2.54. The normalized spacial score (nSPS) is 17.9. The standard InChI is InChI=1S/C27H29F4N5O2Si/c1-16-25(24-20(28)9-17(10-21(24)29)18-12-33-35(13-18)27(30)31)36(26(16)37)19-5-6-23-22(11-19)32-14-34(23)15-38-7-8-39(2,3)4/h5-6,9-14,16,25,27H,7-8,15H2,1-4H3/t16-,25-/m1/s1. The molecule has 12 heteroatoms. The smallest absolute Gasteiger partial charge is 0.333 e. The largest absolute Gasteiger partial charge is 0.361 e. The van der Waals surface area contributed by atoms with E-state index >= 15 is 8.78 Å². The maximum atomic E-state index is 15.3. The Labute approximate surface area is 224 Å². The van der Waals surface area contributed by atoms with Crippen LogP contribution in [0.5, 0.6) is 0 Å². The van der Waals surface area contributed by atoms with Crippen LogP contribution in [0.25, 0.3) is 22.2 Å². The van der Waals surface area contributed by atoms with Crippen LogP contribution in [-0.4, -0.2) is 39.9 Å². The van der Waals surface area contributed by atoms with E-state index < -0.39 is 38.2 Å². The predicted molar refractivity (Wildman–Crippen MR) is 142 cm³/mol. The molecule has 2 aromatic heterocycles. The first-order valence-electron chi connectivity index (χ1n) is 12.6. The van der Waals surface area contributed by atoms with Crippen molar-refractivity contribution in [3.63, 3.8) is 0 Å². The lowest BCUT2D eigenvalue weighted by atomic mass is 9.82. The Bertz CT molecular complexity index is 1510. The maximum absolute atomic E-state index is 15.3. The van der Waals surface area contributed by atoms with Gasteiger partial charge in [-0.05, 0) is 41.9 Å². The molecule has 39 heavy (non-hydrogen) atoms. The van der Waals surface area contributed by atoms with Gasteiger partial charge in [0, 0.05) is 37.7 Å². The second kappa shape index (κ2) is 10.2. The number of halogens is 4. The molecule has 7 nitrogen and oxygen atoms in total. The first-order valence-corrected chi connectivity index (χ1v) is 16.3. The van der Waals surface area contributed by atoms with Crippen molar-refractivity contribution < 1.29 is 27.1 Å². The summed E-state index contributed by atoms with van der Waals surface area (Å²) in [6.07, 6.45) is 3.80. The number of carbonyl (C=O) groups is 1. The lowest BCUT2D eigenvalue weighted by molar-refractivity contribution is -0.129. The fraction of sp³-hybridized carbons (Fsp3) is 0.370. The Morgan fingerprint density at radius 3 is 2.44 bits per heavy atom. The number of aromatic nitrogens is 4. The van der Waals surface area contributed by atoms with E-state index in [1.165, 1.54) is 4.90 Å². The van der Waals surface area contributed by atoms with E-state index in [-0.39, 0.29) is 22.6 Å². The van der Waals surface area contributed by atoms with Gasteiger partial charge < -0.3 is 14.2 Å². The van der Waals surface area contributed by atoms with Crippen molar-refractivity contribution in [1.29, 1.82) is 0 Å². The van der Waals surface area contributed by atoms with Gasteiger partial charge in [-0.25, -0.2) is 18.4 Å². The summed E-state index contributed by atoms with van der Waals surface area (Å²) in [4.78, 5) is 18.7. The molecule has 0 N–H and O–H groups in total. The molecule has 1 saturated heterocycles. The van der Waals surface area contributed by atoms with Gasteiger partial charge in [-0.15, -0.1) is 0 Å². The highest BCUT2D eigenvalue weighted by molar-refractivity contribution is 6.76. The van der Waals surface area contributed by atoms with Gasteiger partial charge in [0.2, 0.25) is 5.91 Å². The predicted octanol–water partition coefficient (Wildman–Crippen LogP) is 6.61. The Hall–Kier alpha value is -3.51. The second-order valence-corrected chi connectivity index (χ2v) is 16.6. The molecule has 3 heterocycles. The van der Waals surface area contributed by atoms with Crippen molar-refractivity contribution in [2.24, 2.45) is 5.92 Å². The number of imidazole rings is 1. The topological polar surface area (TPSA) is 65.2 Å². The Morgan fingerprint density at radius 2 is 1.79 bits per heavy atom. The Kier molecular flexibility index (Phi) is 7.10. The van der Waals surface area contributed by atoms with Crippen LogP contribution >= 0.6 is 0 Å². The molecule has 0 aliphatic carbocycles. The third-order valence-electron chi connectivity index (χ3n) is 7.00. The van der Waals surface area contributed by atoms with Gasteiger partial charge in [-0.1, -0.05) is 26.6 Å². The van der Waals surface area contributed by atoms with E-state index in [1.54, 1.807) is 25.4 Å². The number of hydrogen-bond acceptors (Lipinski definition) is 4. The van der Waals surface area contributed by atoms with Crippen LogP contribution in [0.15, 0.2) is 49.1 Å². The van der Waals surface area contributed by atoms with E-state index in [0.717, 1.165) is 36.1 Å². The van der Waals surface area contributed by atoms with Gasteiger partial charge in [-0.3, -0.25) is 4.79 Å². The third-order valence-corrected chi connectivity index (χ3v) is 8.70. The van der Waals surface area contributed by atoms with Crippen LogP contribution in [0.3, 0.4) is 0 Å². The van der Waals surface area contributed by atoms with Crippen LogP contribution in [0.1, 0.15) is 25.1 Å². The minimum atomic E-state index is -2.87. The van der Waals surface area contributed by atoms with Crippen LogP contribution in [0.2, 0.25) is 25.7 Å². The Morgan fingerprint density at radius 1 is 1.08 bits per heavy atom. The number of hydrogen-bond donors (Lipinski definition) is 0. The molecule has 1 aliphatic heterocycles. The van der Waals surface area contributed by atoms with E-state index in [2.05, 4.69) is 29.7 Å². The first-order chi connectivity index (χ1) is 18.4. The summed E-state index contributed by atoms with van der Waals surface area (Å²) >= 11 is 0. The zero-order valence-electron chi connectivity index (χ0n) is 22.0. The van der Waals surface area contributed by atoms with E-state index in [9.17, 15) is 13.6 Å². The molecular formula is C27H29F4N5O2Si. The molecule has 1 amide bonds. The van der Waals surface area contributed by atoms with Crippen LogP contribution in [0, 0.1) is 17.6 Å². The van der Waals surface area contributed by atoms with Gasteiger partial charge in [0.25, 0.3) is 0 Å². The number of anilines is 1. The summed E-state index contributed by atoms with van der Waals surface area (Å²) in [6.45, 7) is 6.62. The van der Waals surface area contributed by atoms with Gasteiger partial charge in [0.1, 0.15) is 18.4 Å². The average molecular weight is 560 g/mol. The number of benzene rings is 2. The highest BCUT2D eigenvalue weighted by Gasteiger charge is 2.48. The van der Waals surface area contributed by atoms with Crippen molar-refractivity contribution in [2.45, 2.75) is 51.9 Å². The van der Waals surface area contributed by atoms with Gasteiger partial charge in [0.05, 0.1) is 35.5 Å².